The number of nitrogens with one attached hydrogen (secondary N) is 1. The van der Waals surface area contributed by atoms with Crippen molar-refractivity contribution in [3.8, 4) is 0 Å². The Bertz CT molecular complexity index is 697. The molecule has 0 atom stereocenters. The van der Waals surface area contributed by atoms with Gasteiger partial charge in [0.25, 0.3) is 0 Å². The Kier molecular flexibility index (Phi) is 4.19. The van der Waals surface area contributed by atoms with Crippen LogP contribution in [0, 0.1) is 0 Å². The van der Waals surface area contributed by atoms with Crippen LogP contribution in [0.25, 0.3) is 10.8 Å². The quantitative estimate of drug-likeness (QED) is 0.874. The number of hydrogen-bond donors (Lipinski definition) is 1. The lowest BCUT2D eigenvalue weighted by Gasteiger charge is -2.36. The Labute approximate surface area is 143 Å². The SMILES string of the molecule is S=C(NC1CC1)N1CCN(Cc2cccc3ccccc23)CC1. The summed E-state index contributed by atoms with van der Waals surface area (Å²) in [6, 6.07) is 15.9. The second-order valence-electron chi connectivity index (χ2n) is 6.63. The van der Waals surface area contributed by atoms with Gasteiger partial charge in [-0.15, -0.1) is 0 Å². The van der Waals surface area contributed by atoms with Gasteiger partial charge in [-0.05, 0) is 41.4 Å². The normalized spacial score (nSPS) is 19.0. The van der Waals surface area contributed by atoms with E-state index in [0.29, 0.717) is 6.04 Å². The van der Waals surface area contributed by atoms with E-state index in [2.05, 4.69) is 57.6 Å². The molecule has 4 heteroatoms. The van der Waals surface area contributed by atoms with E-state index < -0.39 is 0 Å². The van der Waals surface area contributed by atoms with Crippen molar-refractivity contribution in [2.75, 3.05) is 26.2 Å². The van der Waals surface area contributed by atoms with Gasteiger partial charge in [0.15, 0.2) is 5.11 Å². The molecule has 23 heavy (non-hydrogen) atoms. The second kappa shape index (κ2) is 6.46. The van der Waals surface area contributed by atoms with Crippen LogP contribution in [0.15, 0.2) is 42.5 Å². The molecule has 4 rings (SSSR count). The minimum absolute atomic E-state index is 0.649. The van der Waals surface area contributed by atoms with Crippen LogP contribution in [0.3, 0.4) is 0 Å². The van der Waals surface area contributed by atoms with Crippen LogP contribution < -0.4 is 5.32 Å². The Morgan fingerprint density at radius 2 is 1.74 bits per heavy atom. The zero-order chi connectivity index (χ0) is 15.6. The first kappa shape index (κ1) is 14.9. The summed E-state index contributed by atoms with van der Waals surface area (Å²) in [6.07, 6.45) is 2.56. The highest BCUT2D eigenvalue weighted by Crippen LogP contribution is 2.21. The number of nitrogens with zero attached hydrogens (tertiary/aromatic N) is 2. The van der Waals surface area contributed by atoms with E-state index in [-0.39, 0.29) is 0 Å². The fraction of sp³-hybridized carbons (Fsp3) is 0.421. The molecule has 0 amide bonds. The van der Waals surface area contributed by atoms with Gasteiger partial charge in [0, 0.05) is 38.8 Å². The number of benzene rings is 2. The average molecular weight is 325 g/mol. The van der Waals surface area contributed by atoms with Gasteiger partial charge in [-0.2, -0.15) is 0 Å². The van der Waals surface area contributed by atoms with Crippen molar-refractivity contribution in [3.05, 3.63) is 48.0 Å². The standard InChI is InChI=1S/C19H23N3S/c23-19(20-17-8-9-17)22-12-10-21(11-13-22)14-16-6-3-5-15-4-1-2-7-18(15)16/h1-7,17H,8-14H2,(H,20,23). The van der Waals surface area contributed by atoms with E-state index >= 15 is 0 Å². The maximum absolute atomic E-state index is 5.52. The molecule has 0 bridgehead atoms. The van der Waals surface area contributed by atoms with Gasteiger partial charge >= 0.3 is 0 Å². The zero-order valence-corrected chi connectivity index (χ0v) is 14.2. The second-order valence-corrected chi connectivity index (χ2v) is 7.01. The van der Waals surface area contributed by atoms with Gasteiger partial charge in [0.2, 0.25) is 0 Å². The topological polar surface area (TPSA) is 18.5 Å². The third kappa shape index (κ3) is 3.48. The highest BCUT2D eigenvalue weighted by atomic mass is 32.1. The molecule has 1 saturated heterocycles. The number of fused-ring (bicyclic) bond motifs is 1. The van der Waals surface area contributed by atoms with Crippen LogP contribution in [0.4, 0.5) is 0 Å². The molecule has 0 unspecified atom stereocenters. The van der Waals surface area contributed by atoms with E-state index in [4.69, 9.17) is 12.2 Å². The van der Waals surface area contributed by atoms with Crippen LogP contribution in [0.2, 0.25) is 0 Å². The molecule has 120 valence electrons. The molecule has 1 aliphatic carbocycles. The molecule has 1 heterocycles. The van der Waals surface area contributed by atoms with Gasteiger partial charge < -0.3 is 10.2 Å². The van der Waals surface area contributed by atoms with Crippen LogP contribution in [0.1, 0.15) is 18.4 Å². The predicted octanol–water partition coefficient (Wildman–Crippen LogP) is 2.99. The van der Waals surface area contributed by atoms with E-state index in [9.17, 15) is 0 Å². The molecule has 0 spiro atoms. The minimum atomic E-state index is 0.649. The van der Waals surface area contributed by atoms with Crippen LogP contribution in [-0.4, -0.2) is 47.1 Å². The Morgan fingerprint density at radius 1 is 1.00 bits per heavy atom. The van der Waals surface area contributed by atoms with Crippen molar-refractivity contribution < 1.29 is 0 Å². The molecule has 2 aromatic carbocycles. The van der Waals surface area contributed by atoms with Gasteiger partial charge in [-0.3, -0.25) is 4.90 Å². The first-order valence-corrected chi connectivity index (χ1v) is 8.95. The predicted molar refractivity (Wildman–Crippen MR) is 99.6 cm³/mol. The lowest BCUT2D eigenvalue weighted by molar-refractivity contribution is 0.175. The van der Waals surface area contributed by atoms with E-state index in [1.807, 2.05) is 0 Å². The van der Waals surface area contributed by atoms with Crippen molar-refractivity contribution >= 4 is 28.1 Å². The molecular formula is C19H23N3S. The molecule has 2 aliphatic rings. The summed E-state index contributed by atoms with van der Waals surface area (Å²) in [5.74, 6) is 0. The molecule has 0 radical (unpaired) electrons. The Hall–Kier alpha value is -1.65. The lowest BCUT2D eigenvalue weighted by Crippen LogP contribution is -2.51. The molecule has 1 N–H and O–H groups in total. The number of hydrogen-bond acceptors (Lipinski definition) is 2. The summed E-state index contributed by atoms with van der Waals surface area (Å²) in [5.41, 5.74) is 1.43. The summed E-state index contributed by atoms with van der Waals surface area (Å²) < 4.78 is 0. The minimum Gasteiger partial charge on any atom is -0.360 e. The highest BCUT2D eigenvalue weighted by Gasteiger charge is 2.25. The van der Waals surface area contributed by atoms with Gasteiger partial charge in [0.1, 0.15) is 0 Å². The van der Waals surface area contributed by atoms with E-state index in [0.717, 1.165) is 37.8 Å². The van der Waals surface area contributed by atoms with Crippen molar-refractivity contribution in [2.45, 2.75) is 25.4 Å². The van der Waals surface area contributed by atoms with Crippen LogP contribution >= 0.6 is 12.2 Å². The third-order valence-electron chi connectivity index (χ3n) is 4.84. The molecule has 1 saturated carbocycles. The first-order chi connectivity index (χ1) is 11.3. The van der Waals surface area contributed by atoms with Gasteiger partial charge in [-0.25, -0.2) is 0 Å². The van der Waals surface area contributed by atoms with Crippen LogP contribution in [-0.2, 0) is 6.54 Å². The summed E-state index contributed by atoms with van der Waals surface area (Å²) >= 11 is 5.52. The smallest absolute Gasteiger partial charge is 0.169 e. The Morgan fingerprint density at radius 3 is 2.52 bits per heavy atom. The van der Waals surface area contributed by atoms with Crippen molar-refractivity contribution in [2.24, 2.45) is 0 Å². The lowest BCUT2D eigenvalue weighted by atomic mass is 10.0. The first-order valence-electron chi connectivity index (χ1n) is 8.54. The molecule has 2 fully saturated rings. The monoisotopic (exact) mass is 325 g/mol. The van der Waals surface area contributed by atoms with E-state index in [1.165, 1.54) is 29.2 Å². The number of thiocarbonyl (C=S) groups is 1. The van der Waals surface area contributed by atoms with Crippen LogP contribution in [0.5, 0.6) is 0 Å². The largest absolute Gasteiger partial charge is 0.360 e. The maximum atomic E-state index is 5.52. The molecule has 2 aromatic rings. The summed E-state index contributed by atoms with van der Waals surface area (Å²) in [7, 11) is 0. The Balaban J connectivity index is 1.37. The summed E-state index contributed by atoms with van der Waals surface area (Å²) in [6.45, 7) is 5.25. The van der Waals surface area contributed by atoms with E-state index in [1.54, 1.807) is 0 Å². The van der Waals surface area contributed by atoms with Crippen molar-refractivity contribution in [1.82, 2.24) is 15.1 Å². The fourth-order valence-electron chi connectivity index (χ4n) is 3.27. The van der Waals surface area contributed by atoms with Gasteiger partial charge in [-0.1, -0.05) is 42.5 Å². The summed E-state index contributed by atoms with van der Waals surface area (Å²) in [4.78, 5) is 4.87. The summed E-state index contributed by atoms with van der Waals surface area (Å²) in [5, 5.41) is 7.12. The molecule has 0 aromatic heterocycles. The maximum Gasteiger partial charge on any atom is 0.169 e. The zero-order valence-electron chi connectivity index (χ0n) is 13.4. The number of rotatable bonds is 3. The van der Waals surface area contributed by atoms with Gasteiger partial charge in [0.05, 0.1) is 0 Å². The average Bonchev–Trinajstić information content (AvgIpc) is 3.40. The highest BCUT2D eigenvalue weighted by molar-refractivity contribution is 7.80. The van der Waals surface area contributed by atoms with Crippen molar-refractivity contribution in [1.29, 1.82) is 0 Å². The molecule has 3 nitrogen and oxygen atoms in total. The molecular weight excluding hydrogens is 302 g/mol. The molecule has 1 aliphatic heterocycles. The number of piperazine rings is 1. The fourth-order valence-corrected chi connectivity index (χ4v) is 3.62. The van der Waals surface area contributed by atoms with Crippen molar-refractivity contribution in [3.63, 3.8) is 0 Å². The third-order valence-corrected chi connectivity index (χ3v) is 5.21.